The molecule has 0 aliphatic carbocycles. The molecule has 1 fully saturated rings. The second kappa shape index (κ2) is 6.40. The van der Waals surface area contributed by atoms with Gasteiger partial charge in [0, 0.05) is 31.7 Å². The lowest BCUT2D eigenvalue weighted by atomic mass is 10.0. The van der Waals surface area contributed by atoms with Gasteiger partial charge in [-0.3, -0.25) is 4.90 Å². The standard InChI is InChI=1S/C11H22N2OS/c1-3-13(8-9(2)11(12)15)10-4-6-14-7-5-10/h9-10H,3-8H2,1-2H3,(H2,12,15). The first-order valence-electron chi connectivity index (χ1n) is 5.76. The lowest BCUT2D eigenvalue weighted by molar-refractivity contribution is 0.0338. The molecule has 88 valence electrons. The Bertz CT molecular complexity index is 205. The van der Waals surface area contributed by atoms with E-state index in [1.165, 1.54) is 0 Å². The van der Waals surface area contributed by atoms with Crippen molar-refractivity contribution in [2.45, 2.75) is 32.7 Å². The molecular weight excluding hydrogens is 208 g/mol. The average Bonchev–Trinajstić information content (AvgIpc) is 2.26. The summed E-state index contributed by atoms with van der Waals surface area (Å²) >= 11 is 5.01. The van der Waals surface area contributed by atoms with E-state index in [0.717, 1.165) is 39.1 Å². The van der Waals surface area contributed by atoms with Gasteiger partial charge in [0.05, 0.1) is 4.99 Å². The maximum Gasteiger partial charge on any atom is 0.0768 e. The first-order chi connectivity index (χ1) is 7.15. The van der Waals surface area contributed by atoms with E-state index in [2.05, 4.69) is 18.7 Å². The van der Waals surface area contributed by atoms with Crippen molar-refractivity contribution < 1.29 is 4.74 Å². The Morgan fingerprint density at radius 2 is 2.13 bits per heavy atom. The molecule has 3 nitrogen and oxygen atoms in total. The number of nitrogens with two attached hydrogens (primary N) is 1. The van der Waals surface area contributed by atoms with Gasteiger partial charge in [0.25, 0.3) is 0 Å². The van der Waals surface area contributed by atoms with Crippen molar-refractivity contribution in [1.29, 1.82) is 0 Å². The third-order valence-corrected chi connectivity index (χ3v) is 3.51. The summed E-state index contributed by atoms with van der Waals surface area (Å²) in [7, 11) is 0. The number of hydrogen-bond acceptors (Lipinski definition) is 3. The van der Waals surface area contributed by atoms with Crippen molar-refractivity contribution in [3.8, 4) is 0 Å². The van der Waals surface area contributed by atoms with Crippen LogP contribution in [0.3, 0.4) is 0 Å². The van der Waals surface area contributed by atoms with Gasteiger partial charge >= 0.3 is 0 Å². The van der Waals surface area contributed by atoms with E-state index in [1.54, 1.807) is 0 Å². The van der Waals surface area contributed by atoms with Crippen LogP contribution in [0.1, 0.15) is 26.7 Å². The van der Waals surface area contributed by atoms with E-state index in [0.29, 0.717) is 16.9 Å². The predicted octanol–water partition coefficient (Wildman–Crippen LogP) is 1.41. The van der Waals surface area contributed by atoms with Crippen LogP contribution in [0.15, 0.2) is 0 Å². The quantitative estimate of drug-likeness (QED) is 0.725. The highest BCUT2D eigenvalue weighted by Gasteiger charge is 2.22. The first-order valence-corrected chi connectivity index (χ1v) is 6.17. The summed E-state index contributed by atoms with van der Waals surface area (Å²) < 4.78 is 5.37. The Hall–Kier alpha value is -0.190. The molecule has 4 heteroatoms. The van der Waals surface area contributed by atoms with Gasteiger partial charge in [0.1, 0.15) is 0 Å². The highest BCUT2D eigenvalue weighted by molar-refractivity contribution is 7.80. The van der Waals surface area contributed by atoms with E-state index in [9.17, 15) is 0 Å². The molecule has 0 aromatic carbocycles. The van der Waals surface area contributed by atoms with E-state index in [-0.39, 0.29) is 0 Å². The molecule has 1 aliphatic rings. The molecular formula is C11H22N2OS. The molecule has 1 unspecified atom stereocenters. The molecule has 1 saturated heterocycles. The minimum Gasteiger partial charge on any atom is -0.393 e. The summed E-state index contributed by atoms with van der Waals surface area (Å²) in [6.07, 6.45) is 2.27. The molecule has 0 aromatic heterocycles. The molecule has 0 saturated carbocycles. The third-order valence-electron chi connectivity index (χ3n) is 3.11. The molecule has 1 atom stereocenters. The highest BCUT2D eigenvalue weighted by Crippen LogP contribution is 2.15. The molecule has 1 heterocycles. The summed E-state index contributed by atoms with van der Waals surface area (Å²) in [6, 6.07) is 0.653. The van der Waals surface area contributed by atoms with Crippen LogP contribution in [0.4, 0.5) is 0 Å². The SMILES string of the molecule is CCN(CC(C)C(N)=S)C1CCOCC1. The normalized spacial score (nSPS) is 20.5. The van der Waals surface area contributed by atoms with Crippen LogP contribution in [0, 0.1) is 5.92 Å². The van der Waals surface area contributed by atoms with Gasteiger partial charge in [-0.1, -0.05) is 26.1 Å². The van der Waals surface area contributed by atoms with E-state index in [4.69, 9.17) is 22.7 Å². The van der Waals surface area contributed by atoms with Crippen molar-refractivity contribution in [1.82, 2.24) is 4.90 Å². The molecule has 0 bridgehead atoms. The van der Waals surface area contributed by atoms with Crippen molar-refractivity contribution in [2.24, 2.45) is 11.7 Å². The summed E-state index contributed by atoms with van der Waals surface area (Å²) in [4.78, 5) is 3.10. The van der Waals surface area contributed by atoms with E-state index in [1.807, 2.05) is 0 Å². The fraction of sp³-hybridized carbons (Fsp3) is 0.909. The van der Waals surface area contributed by atoms with Crippen LogP contribution >= 0.6 is 12.2 Å². The highest BCUT2D eigenvalue weighted by atomic mass is 32.1. The second-order valence-electron chi connectivity index (χ2n) is 4.23. The fourth-order valence-electron chi connectivity index (χ4n) is 2.03. The fourth-order valence-corrected chi connectivity index (χ4v) is 2.10. The molecule has 0 amide bonds. The van der Waals surface area contributed by atoms with Crippen molar-refractivity contribution in [2.75, 3.05) is 26.3 Å². The van der Waals surface area contributed by atoms with Gasteiger partial charge in [0.2, 0.25) is 0 Å². The van der Waals surface area contributed by atoms with Crippen LogP contribution in [-0.4, -0.2) is 42.2 Å². The van der Waals surface area contributed by atoms with Gasteiger partial charge in [-0.25, -0.2) is 0 Å². The lowest BCUT2D eigenvalue weighted by Crippen LogP contribution is -2.43. The van der Waals surface area contributed by atoms with E-state index < -0.39 is 0 Å². The van der Waals surface area contributed by atoms with Crippen molar-refractivity contribution >= 4 is 17.2 Å². The van der Waals surface area contributed by atoms with Crippen LogP contribution in [0.2, 0.25) is 0 Å². The van der Waals surface area contributed by atoms with Gasteiger partial charge in [0.15, 0.2) is 0 Å². The molecule has 15 heavy (non-hydrogen) atoms. The average molecular weight is 230 g/mol. The van der Waals surface area contributed by atoms with Gasteiger partial charge in [-0.2, -0.15) is 0 Å². The summed E-state index contributed by atoms with van der Waals surface area (Å²) in [6.45, 7) is 8.13. The predicted molar refractivity (Wildman–Crippen MR) is 67.0 cm³/mol. The zero-order valence-corrected chi connectivity index (χ0v) is 10.6. The number of rotatable bonds is 5. The van der Waals surface area contributed by atoms with Crippen LogP contribution in [0.25, 0.3) is 0 Å². The molecule has 0 radical (unpaired) electrons. The minimum absolute atomic E-state index is 0.308. The maximum absolute atomic E-state index is 5.65. The summed E-state index contributed by atoms with van der Waals surface area (Å²) in [5.74, 6) is 0.308. The van der Waals surface area contributed by atoms with Crippen LogP contribution in [0.5, 0.6) is 0 Å². The minimum atomic E-state index is 0.308. The Morgan fingerprint density at radius 1 is 1.53 bits per heavy atom. The Kier molecular flexibility index (Phi) is 5.50. The zero-order chi connectivity index (χ0) is 11.3. The first kappa shape index (κ1) is 12.9. The second-order valence-corrected chi connectivity index (χ2v) is 4.71. The van der Waals surface area contributed by atoms with Crippen molar-refractivity contribution in [3.63, 3.8) is 0 Å². The molecule has 1 rings (SSSR count). The Morgan fingerprint density at radius 3 is 2.60 bits per heavy atom. The summed E-state index contributed by atoms with van der Waals surface area (Å²) in [5.41, 5.74) is 5.65. The summed E-state index contributed by atoms with van der Waals surface area (Å²) in [5, 5.41) is 0. The largest absolute Gasteiger partial charge is 0.393 e. The van der Waals surface area contributed by atoms with Crippen molar-refractivity contribution in [3.05, 3.63) is 0 Å². The zero-order valence-electron chi connectivity index (χ0n) is 9.74. The Labute approximate surface area is 98.0 Å². The third kappa shape index (κ3) is 4.05. The number of thiocarbonyl (C=S) groups is 1. The lowest BCUT2D eigenvalue weighted by Gasteiger charge is -2.34. The molecule has 2 N–H and O–H groups in total. The number of hydrogen-bond donors (Lipinski definition) is 1. The Balaban J connectivity index is 2.43. The molecule has 0 spiro atoms. The van der Waals surface area contributed by atoms with Gasteiger partial charge in [-0.15, -0.1) is 0 Å². The van der Waals surface area contributed by atoms with Crippen LogP contribution < -0.4 is 5.73 Å². The van der Waals surface area contributed by atoms with Crippen LogP contribution in [-0.2, 0) is 4.74 Å². The maximum atomic E-state index is 5.65. The topological polar surface area (TPSA) is 38.5 Å². The molecule has 1 aliphatic heterocycles. The monoisotopic (exact) mass is 230 g/mol. The van der Waals surface area contributed by atoms with Gasteiger partial charge < -0.3 is 10.5 Å². The number of nitrogens with zero attached hydrogens (tertiary/aromatic N) is 1. The van der Waals surface area contributed by atoms with E-state index >= 15 is 0 Å². The smallest absolute Gasteiger partial charge is 0.0768 e. The van der Waals surface area contributed by atoms with Gasteiger partial charge in [-0.05, 0) is 19.4 Å². The molecule has 0 aromatic rings. The number of ether oxygens (including phenoxy) is 1.